The molecule has 2 aliphatic rings. The molecule has 2 aliphatic heterocycles. The standard InChI is InChI=1S/C17H20ClFN2O4/c1-25-8-15(22)21-7-12-6-20(9-17(12,10-21)16(23)24)5-11-2-13(18)4-14(19)3-11/h2-4,12H,5-10H2,1H3,(H,23,24)/t12-,17-/m1/s1. The molecule has 8 heteroatoms. The Hall–Kier alpha value is -1.70. The van der Waals surface area contributed by atoms with Crippen molar-refractivity contribution in [3.05, 3.63) is 34.6 Å². The van der Waals surface area contributed by atoms with Crippen LogP contribution in [0.3, 0.4) is 0 Å². The first-order chi connectivity index (χ1) is 11.8. The summed E-state index contributed by atoms with van der Waals surface area (Å²) < 4.78 is 18.4. The second kappa shape index (κ2) is 6.90. The molecule has 1 aromatic rings. The number of aliphatic carboxylic acids is 1. The van der Waals surface area contributed by atoms with Crippen molar-refractivity contribution in [2.75, 3.05) is 39.9 Å². The monoisotopic (exact) mass is 370 g/mol. The molecule has 2 heterocycles. The fourth-order valence-electron chi connectivity index (χ4n) is 3.96. The molecule has 0 saturated carbocycles. The predicted molar refractivity (Wildman–Crippen MR) is 88.7 cm³/mol. The number of hydrogen-bond acceptors (Lipinski definition) is 4. The van der Waals surface area contributed by atoms with Gasteiger partial charge in [0.15, 0.2) is 0 Å². The van der Waals surface area contributed by atoms with Gasteiger partial charge in [0, 0.05) is 50.8 Å². The lowest BCUT2D eigenvalue weighted by Crippen LogP contribution is -2.42. The van der Waals surface area contributed by atoms with Crippen LogP contribution in [0.15, 0.2) is 18.2 Å². The highest BCUT2D eigenvalue weighted by Crippen LogP contribution is 2.43. The maximum Gasteiger partial charge on any atom is 0.313 e. The molecule has 2 saturated heterocycles. The van der Waals surface area contributed by atoms with Crippen molar-refractivity contribution in [2.45, 2.75) is 6.54 Å². The van der Waals surface area contributed by atoms with Crippen molar-refractivity contribution in [1.29, 1.82) is 0 Å². The van der Waals surface area contributed by atoms with Crippen LogP contribution in [0.25, 0.3) is 0 Å². The summed E-state index contributed by atoms with van der Waals surface area (Å²) in [4.78, 5) is 27.5. The van der Waals surface area contributed by atoms with Crippen LogP contribution in [0, 0.1) is 17.2 Å². The van der Waals surface area contributed by atoms with Crippen LogP contribution in [-0.2, 0) is 20.9 Å². The molecule has 1 amide bonds. The zero-order valence-electron chi connectivity index (χ0n) is 13.9. The Balaban J connectivity index is 1.73. The van der Waals surface area contributed by atoms with Gasteiger partial charge >= 0.3 is 5.97 Å². The van der Waals surface area contributed by atoms with Crippen LogP contribution in [-0.4, -0.2) is 66.7 Å². The summed E-state index contributed by atoms with van der Waals surface area (Å²) in [7, 11) is 1.44. The number of benzene rings is 1. The first kappa shape index (κ1) is 18.1. The molecule has 0 aromatic heterocycles. The number of methoxy groups -OCH3 is 1. The van der Waals surface area contributed by atoms with Gasteiger partial charge < -0.3 is 14.7 Å². The minimum Gasteiger partial charge on any atom is -0.481 e. The van der Waals surface area contributed by atoms with Gasteiger partial charge in [-0.2, -0.15) is 0 Å². The van der Waals surface area contributed by atoms with Crippen molar-refractivity contribution in [3.63, 3.8) is 0 Å². The highest BCUT2D eigenvalue weighted by molar-refractivity contribution is 6.30. The van der Waals surface area contributed by atoms with Crippen LogP contribution in [0.1, 0.15) is 5.56 Å². The average molecular weight is 371 g/mol. The molecular weight excluding hydrogens is 351 g/mol. The SMILES string of the molecule is COCC(=O)N1C[C@H]2CN(Cc3cc(F)cc(Cl)c3)C[C@@]2(C(=O)O)C1. The summed E-state index contributed by atoms with van der Waals surface area (Å²) in [6.07, 6.45) is 0. The summed E-state index contributed by atoms with van der Waals surface area (Å²) >= 11 is 5.88. The molecule has 25 heavy (non-hydrogen) atoms. The molecule has 0 bridgehead atoms. The van der Waals surface area contributed by atoms with Crippen molar-refractivity contribution in [2.24, 2.45) is 11.3 Å². The van der Waals surface area contributed by atoms with Gasteiger partial charge in [-0.15, -0.1) is 0 Å². The van der Waals surface area contributed by atoms with Gasteiger partial charge in [-0.3, -0.25) is 14.5 Å². The first-order valence-electron chi connectivity index (χ1n) is 8.01. The number of hydrogen-bond donors (Lipinski definition) is 1. The van der Waals surface area contributed by atoms with E-state index in [1.54, 1.807) is 11.0 Å². The quantitative estimate of drug-likeness (QED) is 0.850. The van der Waals surface area contributed by atoms with Crippen LogP contribution in [0.2, 0.25) is 5.02 Å². The maximum absolute atomic E-state index is 13.5. The van der Waals surface area contributed by atoms with E-state index in [1.807, 2.05) is 4.90 Å². The molecule has 136 valence electrons. The highest BCUT2D eigenvalue weighted by Gasteiger charge is 2.58. The average Bonchev–Trinajstić information content (AvgIpc) is 3.01. The number of halogens is 2. The second-order valence-corrected chi connectivity index (χ2v) is 7.25. The zero-order valence-corrected chi connectivity index (χ0v) is 14.6. The van der Waals surface area contributed by atoms with E-state index in [-0.39, 0.29) is 25.0 Å². The zero-order chi connectivity index (χ0) is 18.2. The van der Waals surface area contributed by atoms with Gasteiger partial charge in [0.05, 0.1) is 0 Å². The molecule has 0 spiro atoms. The second-order valence-electron chi connectivity index (χ2n) is 6.81. The third kappa shape index (κ3) is 3.49. The molecule has 0 unspecified atom stereocenters. The molecule has 6 nitrogen and oxygen atoms in total. The van der Waals surface area contributed by atoms with Gasteiger partial charge in [-0.05, 0) is 23.8 Å². The molecule has 3 rings (SSSR count). The first-order valence-corrected chi connectivity index (χ1v) is 8.39. The van der Waals surface area contributed by atoms with E-state index in [1.165, 1.54) is 19.2 Å². The van der Waals surface area contributed by atoms with Crippen LogP contribution < -0.4 is 0 Å². The van der Waals surface area contributed by atoms with E-state index in [0.29, 0.717) is 36.8 Å². The number of carboxylic acid groups (broad SMARTS) is 1. The van der Waals surface area contributed by atoms with E-state index < -0.39 is 17.2 Å². The number of amides is 1. The largest absolute Gasteiger partial charge is 0.481 e. The number of carbonyl (C=O) groups excluding carboxylic acids is 1. The van der Waals surface area contributed by atoms with Crippen LogP contribution in [0.5, 0.6) is 0 Å². The fraction of sp³-hybridized carbons (Fsp3) is 0.529. The Morgan fingerprint density at radius 1 is 1.36 bits per heavy atom. The third-order valence-electron chi connectivity index (χ3n) is 5.05. The summed E-state index contributed by atoms with van der Waals surface area (Å²) in [6.45, 7) is 1.81. The summed E-state index contributed by atoms with van der Waals surface area (Å²) in [5.41, 5.74) is -0.279. The number of carbonyl (C=O) groups is 2. The topological polar surface area (TPSA) is 70.1 Å². The Labute approximate surface area is 150 Å². The lowest BCUT2D eigenvalue weighted by molar-refractivity contribution is -0.149. The predicted octanol–water partition coefficient (Wildman–Crippen LogP) is 1.47. The number of nitrogens with zero attached hydrogens (tertiary/aromatic N) is 2. The normalized spacial score (nSPS) is 26.0. The van der Waals surface area contributed by atoms with Crippen molar-refractivity contribution >= 4 is 23.5 Å². The minimum absolute atomic E-state index is 0.0477. The Kier molecular flexibility index (Phi) is 4.99. The molecule has 0 aliphatic carbocycles. The van der Waals surface area contributed by atoms with E-state index in [4.69, 9.17) is 16.3 Å². The van der Waals surface area contributed by atoms with Crippen LogP contribution >= 0.6 is 11.6 Å². The van der Waals surface area contributed by atoms with E-state index in [2.05, 4.69) is 0 Å². The molecule has 1 N–H and O–H groups in total. The smallest absolute Gasteiger partial charge is 0.313 e. The third-order valence-corrected chi connectivity index (χ3v) is 5.27. The van der Waals surface area contributed by atoms with Gasteiger partial charge in [-0.1, -0.05) is 11.6 Å². The van der Waals surface area contributed by atoms with Crippen molar-refractivity contribution < 1.29 is 23.8 Å². The van der Waals surface area contributed by atoms with E-state index >= 15 is 0 Å². The summed E-state index contributed by atoms with van der Waals surface area (Å²) in [6, 6.07) is 4.32. The van der Waals surface area contributed by atoms with Crippen molar-refractivity contribution in [3.8, 4) is 0 Å². The van der Waals surface area contributed by atoms with E-state index in [9.17, 15) is 19.1 Å². The number of fused-ring (bicyclic) bond motifs is 1. The molecule has 2 atom stereocenters. The molecule has 1 aromatic carbocycles. The summed E-state index contributed by atoms with van der Waals surface area (Å²) in [5.74, 6) is -1.66. The van der Waals surface area contributed by atoms with Gasteiger partial charge in [-0.25, -0.2) is 4.39 Å². The number of rotatable bonds is 5. The number of carboxylic acids is 1. The summed E-state index contributed by atoms with van der Waals surface area (Å²) in [5, 5.41) is 10.1. The molecular formula is C17H20ClFN2O4. The molecule has 2 fully saturated rings. The van der Waals surface area contributed by atoms with Crippen LogP contribution in [0.4, 0.5) is 4.39 Å². The molecule has 0 radical (unpaired) electrons. The Morgan fingerprint density at radius 3 is 2.72 bits per heavy atom. The maximum atomic E-state index is 13.5. The van der Waals surface area contributed by atoms with Crippen molar-refractivity contribution in [1.82, 2.24) is 9.80 Å². The number of ether oxygens (including phenoxy) is 1. The number of likely N-dealkylation sites (tertiary alicyclic amines) is 2. The highest BCUT2D eigenvalue weighted by atomic mass is 35.5. The van der Waals surface area contributed by atoms with Gasteiger partial charge in [0.2, 0.25) is 5.91 Å². The lowest BCUT2D eigenvalue weighted by atomic mass is 9.81. The van der Waals surface area contributed by atoms with Gasteiger partial charge in [0.25, 0.3) is 0 Å². The minimum atomic E-state index is -0.986. The Morgan fingerprint density at radius 2 is 2.12 bits per heavy atom. The van der Waals surface area contributed by atoms with E-state index in [0.717, 1.165) is 0 Å². The van der Waals surface area contributed by atoms with Gasteiger partial charge in [0.1, 0.15) is 17.8 Å². The Bertz CT molecular complexity index is 681. The lowest BCUT2D eigenvalue weighted by Gasteiger charge is -2.25. The fourth-order valence-corrected chi connectivity index (χ4v) is 4.20.